The Kier molecular flexibility index (Phi) is 19.6. The van der Waals surface area contributed by atoms with Crippen LogP contribution < -0.4 is 0 Å². The summed E-state index contributed by atoms with van der Waals surface area (Å²) in [5.41, 5.74) is 40.8. The largest absolute Gasteiger partial charge is 0.456 e. The lowest BCUT2D eigenvalue weighted by atomic mass is 9.66. The first-order valence-corrected chi connectivity index (χ1v) is 46.3. The number of hydrogen-bond donors (Lipinski definition) is 0. The SMILES string of the molecule is C.C.c1ccc(-c2cc(-c3ccccc3)cc(-c3nc(-c4ccc5c(c4)-c4ccccc4C54c5ccccc5-c5ccccc5-c5ccccc54)nc(-c4ccc5c(c4)oc4ccccc45)n3)c2)cc1.c1ccc(-c2cc(-c3ccccc3)cc(-c3nc(-c4ccc5c(c4)-c4ccccc4C54c5ccccc5-c5ccccc5-c5ccccc54)nc(-c4cccc5c4oc4ccccc45)n3)c2)cc1. The van der Waals surface area contributed by atoms with Crippen molar-refractivity contribution in [1.82, 2.24) is 29.9 Å². The maximum Gasteiger partial charge on any atom is 0.167 e. The van der Waals surface area contributed by atoms with Gasteiger partial charge in [0.15, 0.2) is 34.9 Å². The second kappa shape index (κ2) is 33.0. The Morgan fingerprint density at radius 2 is 0.384 bits per heavy atom. The molecule has 4 aliphatic carbocycles. The lowest BCUT2D eigenvalue weighted by Gasteiger charge is -2.35. The second-order valence-corrected chi connectivity index (χ2v) is 35.6. The maximum absolute atomic E-state index is 6.64. The fourth-order valence-corrected chi connectivity index (χ4v) is 22.4. The van der Waals surface area contributed by atoms with E-state index in [9.17, 15) is 0 Å². The zero-order valence-electron chi connectivity index (χ0n) is 73.5. The fourth-order valence-electron chi connectivity index (χ4n) is 22.4. The van der Waals surface area contributed by atoms with E-state index < -0.39 is 10.8 Å². The molecule has 20 aromatic carbocycles. The highest BCUT2D eigenvalue weighted by Gasteiger charge is 2.52. The van der Waals surface area contributed by atoms with E-state index in [0.29, 0.717) is 34.9 Å². The molecule has 0 saturated carbocycles. The highest BCUT2D eigenvalue weighted by Crippen LogP contribution is 2.64. The van der Waals surface area contributed by atoms with Gasteiger partial charge in [-0.3, -0.25) is 0 Å². The summed E-state index contributed by atoms with van der Waals surface area (Å²) >= 11 is 0. The molecule has 648 valence electrons. The molecular weight excluding hydrogens is 1680 g/mol. The molecule has 138 heavy (non-hydrogen) atoms. The Hall–Kier alpha value is -18.0. The van der Waals surface area contributed by atoms with Gasteiger partial charge in [-0.15, -0.1) is 0 Å². The molecule has 0 N–H and O–H groups in total. The van der Waals surface area contributed by atoms with Crippen LogP contribution in [0.3, 0.4) is 0 Å². The smallest absolute Gasteiger partial charge is 0.167 e. The zero-order chi connectivity index (χ0) is 89.5. The van der Waals surface area contributed by atoms with Crippen LogP contribution >= 0.6 is 0 Å². The molecule has 0 aliphatic heterocycles. The molecule has 0 radical (unpaired) electrons. The molecule has 4 aliphatic rings. The standard InChI is InChI=1S/2C64H39N3O.2CH4/c1-3-18-40(19-4-1)43-36-44(41-20-5-2-6-21-41)38-45(37-43)62-65-61(66-63(67-62)53-29-17-28-52-51-27-12-16-33-59(51)68-60(52)53)42-34-35-58-54(39-42)50-26-11-15-32-57(50)64(58)55-30-13-9-24-48(55)46-22-7-8-23-47(46)49-25-10-14-31-56(49)64;1-3-17-40(18-4-1)44-35-45(41-19-5-2-6-20-41)37-46(36-44)63-66-61(65-62(67-63)43-31-33-53-52-26-12-16-30-59(52)68-60(53)39-43)42-32-34-58-54(38-42)51-25-11-15-29-57(51)64(58)55-27-13-9-23-49(55)47-21-7-8-22-48(47)50-24-10-14-28-56(50)64;;/h2*1-39H;2*1H4. The molecule has 8 nitrogen and oxygen atoms in total. The maximum atomic E-state index is 6.64. The molecule has 0 amide bonds. The van der Waals surface area contributed by atoms with Crippen LogP contribution in [0, 0.1) is 0 Å². The molecule has 0 atom stereocenters. The van der Waals surface area contributed by atoms with Gasteiger partial charge in [-0.1, -0.05) is 409 Å². The lowest BCUT2D eigenvalue weighted by molar-refractivity contribution is 0.669. The molecule has 0 fully saturated rings. The van der Waals surface area contributed by atoms with Crippen molar-refractivity contribution in [3.63, 3.8) is 0 Å². The van der Waals surface area contributed by atoms with Gasteiger partial charge >= 0.3 is 0 Å². The Labute approximate surface area is 800 Å². The van der Waals surface area contributed by atoms with Crippen molar-refractivity contribution in [1.29, 1.82) is 0 Å². The Morgan fingerprint density at radius 3 is 0.754 bits per heavy atom. The Balaban J connectivity index is 0.000000144. The zero-order valence-corrected chi connectivity index (χ0v) is 73.5. The van der Waals surface area contributed by atoms with Gasteiger partial charge in [-0.05, 0) is 235 Å². The number of nitrogens with zero attached hydrogens (tertiary/aromatic N) is 6. The van der Waals surface area contributed by atoms with Gasteiger partial charge in [0, 0.05) is 49.4 Å². The molecule has 4 heterocycles. The van der Waals surface area contributed by atoms with Gasteiger partial charge in [0.1, 0.15) is 22.3 Å². The second-order valence-electron chi connectivity index (χ2n) is 35.6. The minimum Gasteiger partial charge on any atom is -0.456 e. The summed E-state index contributed by atoms with van der Waals surface area (Å²) in [5.74, 6) is 3.46. The molecule has 4 aromatic heterocycles. The molecule has 2 spiro atoms. The summed E-state index contributed by atoms with van der Waals surface area (Å²) in [6.45, 7) is 0. The molecule has 0 saturated heterocycles. The van der Waals surface area contributed by atoms with Gasteiger partial charge in [0.2, 0.25) is 0 Å². The van der Waals surface area contributed by atoms with Crippen LogP contribution in [0.25, 0.3) is 223 Å². The summed E-state index contributed by atoms with van der Waals surface area (Å²) in [6, 6.07) is 170. The highest BCUT2D eigenvalue weighted by atomic mass is 16.3. The van der Waals surface area contributed by atoms with Gasteiger partial charge < -0.3 is 8.83 Å². The van der Waals surface area contributed by atoms with Crippen LogP contribution in [0.5, 0.6) is 0 Å². The Bertz CT molecular complexity index is 8760. The summed E-state index contributed by atoms with van der Waals surface area (Å²) in [5, 5.41) is 4.21. The third kappa shape index (κ3) is 13.0. The summed E-state index contributed by atoms with van der Waals surface area (Å²) < 4.78 is 13.1. The van der Waals surface area contributed by atoms with E-state index in [-0.39, 0.29) is 14.9 Å². The van der Waals surface area contributed by atoms with Gasteiger partial charge in [-0.25, -0.2) is 29.9 Å². The van der Waals surface area contributed by atoms with Crippen molar-refractivity contribution in [2.45, 2.75) is 25.7 Å². The topological polar surface area (TPSA) is 104 Å². The van der Waals surface area contributed by atoms with Crippen LogP contribution in [-0.4, -0.2) is 29.9 Å². The molecule has 8 heteroatoms. The first kappa shape index (κ1) is 82.0. The van der Waals surface area contributed by atoms with Gasteiger partial charge in [-0.2, -0.15) is 0 Å². The van der Waals surface area contributed by atoms with E-state index in [1.54, 1.807) is 0 Å². The van der Waals surface area contributed by atoms with Crippen molar-refractivity contribution >= 4 is 43.9 Å². The molecule has 28 rings (SSSR count). The quantitative estimate of drug-likeness (QED) is 0.133. The van der Waals surface area contributed by atoms with E-state index in [2.05, 4.69) is 437 Å². The Morgan fingerprint density at radius 1 is 0.138 bits per heavy atom. The number of aromatic nitrogens is 6. The fraction of sp³-hybridized carbons (Fsp3) is 0.0308. The third-order valence-electron chi connectivity index (χ3n) is 28.3. The van der Waals surface area contributed by atoms with Gasteiger partial charge in [0.05, 0.1) is 16.4 Å². The number of benzene rings is 20. The minimum absolute atomic E-state index is 0. The van der Waals surface area contributed by atoms with Crippen LogP contribution in [0.1, 0.15) is 59.4 Å². The van der Waals surface area contributed by atoms with Gasteiger partial charge in [0.25, 0.3) is 0 Å². The predicted octanol–water partition coefficient (Wildman–Crippen LogP) is 33.5. The summed E-state index contributed by atoms with van der Waals surface area (Å²) in [7, 11) is 0. The number of para-hydroxylation sites is 3. The number of furan rings is 2. The van der Waals surface area contributed by atoms with Crippen LogP contribution in [0.4, 0.5) is 0 Å². The van der Waals surface area contributed by atoms with Crippen molar-refractivity contribution < 1.29 is 8.83 Å². The van der Waals surface area contributed by atoms with Crippen LogP contribution in [0.2, 0.25) is 0 Å². The third-order valence-corrected chi connectivity index (χ3v) is 28.3. The first-order chi connectivity index (χ1) is 67.4. The van der Waals surface area contributed by atoms with Crippen LogP contribution in [-0.2, 0) is 10.8 Å². The van der Waals surface area contributed by atoms with Crippen molar-refractivity contribution in [2.24, 2.45) is 0 Å². The molecule has 0 bridgehead atoms. The first-order valence-electron chi connectivity index (χ1n) is 46.3. The predicted molar refractivity (Wildman–Crippen MR) is 566 cm³/mol. The minimum atomic E-state index is -0.589. The van der Waals surface area contributed by atoms with Crippen molar-refractivity contribution in [3.8, 4) is 180 Å². The van der Waals surface area contributed by atoms with Crippen molar-refractivity contribution in [2.75, 3.05) is 0 Å². The molecule has 0 unspecified atom stereocenters. The number of hydrogen-bond acceptors (Lipinski definition) is 8. The van der Waals surface area contributed by atoms with E-state index >= 15 is 0 Å². The average Bonchev–Trinajstić information content (AvgIpc) is 1.52. The van der Waals surface area contributed by atoms with E-state index in [0.717, 1.165) is 127 Å². The van der Waals surface area contributed by atoms with E-state index in [4.69, 9.17) is 38.7 Å². The van der Waals surface area contributed by atoms with Crippen molar-refractivity contribution in [3.05, 3.63) is 518 Å². The van der Waals surface area contributed by atoms with E-state index in [1.807, 2.05) is 36.4 Å². The molecule has 24 aromatic rings. The summed E-state index contributed by atoms with van der Waals surface area (Å²) in [6.07, 6.45) is 0. The average molecular weight is 1760 g/mol. The monoisotopic (exact) mass is 1760 g/mol. The number of rotatable bonds is 10. The van der Waals surface area contributed by atoms with Crippen LogP contribution in [0.15, 0.2) is 482 Å². The highest BCUT2D eigenvalue weighted by molar-refractivity contribution is 6.10. The molecular formula is C130H86N6O2. The summed E-state index contributed by atoms with van der Waals surface area (Å²) in [4.78, 5) is 32.3. The lowest BCUT2D eigenvalue weighted by Crippen LogP contribution is -2.29. The normalized spacial score (nSPS) is 12.6. The van der Waals surface area contributed by atoms with E-state index in [1.165, 1.54) is 106 Å². The number of fused-ring (bicyclic) bond motifs is 30.